The average Bonchev–Trinajstić information content (AvgIpc) is 3.25. The lowest BCUT2D eigenvalue weighted by molar-refractivity contribution is -0.0883. The van der Waals surface area contributed by atoms with E-state index >= 15 is 0 Å². The first kappa shape index (κ1) is 30.6. The molecule has 222 valence electrons. The first-order valence-corrected chi connectivity index (χ1v) is 13.2. The number of ether oxygens (including phenoxy) is 1. The number of phenolic OH excluding ortho intramolecular Hbond substituents is 1. The second kappa shape index (κ2) is 14.5. The Morgan fingerprint density at radius 1 is 1.26 bits per heavy atom. The molecule has 1 aromatic heterocycles. The van der Waals surface area contributed by atoms with Crippen molar-refractivity contribution in [2.45, 2.75) is 18.6 Å². The van der Waals surface area contributed by atoms with Gasteiger partial charge < -0.3 is 20.1 Å². The molecule has 2 aromatic rings. The fraction of sp³-hybridized carbons (Fsp3) is 0.310. The fourth-order valence-corrected chi connectivity index (χ4v) is 4.19. The summed E-state index contributed by atoms with van der Waals surface area (Å²) in [7, 11) is 0. The Kier molecular flexibility index (Phi) is 10.6. The van der Waals surface area contributed by atoms with Crippen LogP contribution in [-0.4, -0.2) is 78.6 Å². The van der Waals surface area contributed by atoms with Crippen molar-refractivity contribution >= 4 is 29.3 Å². The summed E-state index contributed by atoms with van der Waals surface area (Å²) < 4.78 is 60.8. The van der Waals surface area contributed by atoms with Gasteiger partial charge in [0.2, 0.25) is 5.95 Å². The lowest BCUT2D eigenvalue weighted by atomic mass is 10.0. The van der Waals surface area contributed by atoms with Crippen LogP contribution in [-0.2, 0) is 4.74 Å². The first-order valence-electron chi connectivity index (χ1n) is 13.2. The summed E-state index contributed by atoms with van der Waals surface area (Å²) in [4.78, 5) is 14.3. The Morgan fingerprint density at radius 3 is 2.86 bits per heavy atom. The standard InChI is InChI=1S/C29H31F4N7O2/c1-2-20(21-5-3-6-25(41)16-21)15-22(29(31,32)33)9-10-34-23-7-8-24(35-17-23)18-37-39-28-36-19-26(30)27(38-28)40-11-4-13-42-14-12-40/h2-3,5-9,15-16,18-19,23,34,41H,1,4,10-14,17H2,(H,36,38,39)/b20-15+,22-9+,37-18+. The number of hydrogen-bond acceptors (Lipinski definition) is 9. The molecule has 0 saturated carbocycles. The summed E-state index contributed by atoms with van der Waals surface area (Å²) in [5, 5.41) is 16.8. The molecular weight excluding hydrogens is 554 g/mol. The molecule has 9 nitrogen and oxygen atoms in total. The van der Waals surface area contributed by atoms with Crippen molar-refractivity contribution in [3.8, 4) is 5.75 Å². The summed E-state index contributed by atoms with van der Waals surface area (Å²) >= 11 is 0. The smallest absolute Gasteiger partial charge is 0.416 e. The number of benzene rings is 1. The van der Waals surface area contributed by atoms with E-state index in [4.69, 9.17) is 4.74 Å². The number of dihydropyridines is 1. The SMILES string of the molecule is C=C/C(=C\C(=C/CNC1C=CC(/C=N/Nc2ncc(F)c(N3CCCOCC3)n2)=NC1)C(F)(F)F)c1cccc(O)c1. The molecule has 1 aromatic carbocycles. The van der Waals surface area contributed by atoms with Crippen molar-refractivity contribution in [1.82, 2.24) is 15.3 Å². The quantitative estimate of drug-likeness (QED) is 0.161. The topological polar surface area (TPSA) is 107 Å². The third kappa shape index (κ3) is 8.82. The van der Waals surface area contributed by atoms with Crippen LogP contribution in [0.1, 0.15) is 12.0 Å². The zero-order valence-corrected chi connectivity index (χ0v) is 22.7. The number of alkyl halides is 3. The number of aliphatic imine (C=N–C) groups is 1. The van der Waals surface area contributed by atoms with Crippen molar-refractivity contribution in [2.24, 2.45) is 10.1 Å². The molecule has 1 atom stereocenters. The van der Waals surface area contributed by atoms with Crippen LogP contribution in [0.5, 0.6) is 5.75 Å². The minimum Gasteiger partial charge on any atom is -0.508 e. The van der Waals surface area contributed by atoms with Gasteiger partial charge in [-0.1, -0.05) is 36.9 Å². The Bertz CT molecular complexity index is 1390. The number of halogens is 4. The normalized spacial score (nSPS) is 18.6. The Morgan fingerprint density at radius 2 is 2.12 bits per heavy atom. The highest BCUT2D eigenvalue weighted by Crippen LogP contribution is 2.30. The molecule has 2 aliphatic rings. The molecule has 1 saturated heterocycles. The van der Waals surface area contributed by atoms with Gasteiger partial charge in [-0.15, -0.1) is 0 Å². The van der Waals surface area contributed by atoms with Crippen LogP contribution in [0, 0.1) is 5.82 Å². The third-order valence-corrected chi connectivity index (χ3v) is 6.32. The molecule has 13 heteroatoms. The van der Waals surface area contributed by atoms with Gasteiger partial charge in [-0.05, 0) is 41.8 Å². The number of hydrazone groups is 1. The molecule has 42 heavy (non-hydrogen) atoms. The van der Waals surface area contributed by atoms with Gasteiger partial charge in [0.25, 0.3) is 0 Å². The molecular formula is C29H31F4N7O2. The lowest BCUT2D eigenvalue weighted by Gasteiger charge is -2.21. The van der Waals surface area contributed by atoms with Crippen LogP contribution >= 0.6 is 0 Å². The van der Waals surface area contributed by atoms with Gasteiger partial charge in [-0.2, -0.15) is 23.3 Å². The minimum absolute atomic E-state index is 0.0543. The minimum atomic E-state index is -4.58. The maximum atomic E-state index is 14.3. The summed E-state index contributed by atoms with van der Waals surface area (Å²) in [6.07, 6.45) is 5.54. The van der Waals surface area contributed by atoms with E-state index in [9.17, 15) is 22.7 Å². The molecule has 2 aliphatic heterocycles. The van der Waals surface area contributed by atoms with Crippen LogP contribution in [0.25, 0.3) is 5.57 Å². The second-order valence-electron chi connectivity index (χ2n) is 9.34. The first-order chi connectivity index (χ1) is 20.2. The summed E-state index contributed by atoms with van der Waals surface area (Å²) in [5.41, 5.74) is 3.01. The predicted octanol–water partition coefficient (Wildman–Crippen LogP) is 4.67. The largest absolute Gasteiger partial charge is 0.508 e. The highest BCUT2D eigenvalue weighted by Gasteiger charge is 2.32. The van der Waals surface area contributed by atoms with Gasteiger partial charge in [0, 0.05) is 32.3 Å². The van der Waals surface area contributed by atoms with Crippen LogP contribution in [0.3, 0.4) is 0 Å². The summed E-state index contributed by atoms with van der Waals surface area (Å²) in [6.45, 7) is 6.08. The van der Waals surface area contributed by atoms with Gasteiger partial charge in [-0.25, -0.2) is 14.8 Å². The Labute approximate surface area is 240 Å². The second-order valence-corrected chi connectivity index (χ2v) is 9.34. The van der Waals surface area contributed by atoms with Crippen molar-refractivity contribution in [2.75, 3.05) is 49.7 Å². The van der Waals surface area contributed by atoms with Gasteiger partial charge in [0.1, 0.15) is 5.75 Å². The van der Waals surface area contributed by atoms with E-state index in [2.05, 4.69) is 37.4 Å². The maximum absolute atomic E-state index is 14.3. The van der Waals surface area contributed by atoms with E-state index in [0.717, 1.165) is 24.8 Å². The lowest BCUT2D eigenvalue weighted by Crippen LogP contribution is -2.33. The molecule has 1 unspecified atom stereocenters. The van der Waals surface area contributed by atoms with Crippen LogP contribution in [0.2, 0.25) is 0 Å². The highest BCUT2D eigenvalue weighted by atomic mass is 19.4. The zero-order valence-electron chi connectivity index (χ0n) is 22.7. The predicted molar refractivity (Wildman–Crippen MR) is 155 cm³/mol. The molecule has 0 bridgehead atoms. The number of nitrogens with zero attached hydrogens (tertiary/aromatic N) is 5. The van der Waals surface area contributed by atoms with E-state index < -0.39 is 17.6 Å². The van der Waals surface area contributed by atoms with Crippen molar-refractivity contribution in [3.63, 3.8) is 0 Å². The number of hydrogen-bond donors (Lipinski definition) is 3. The fourth-order valence-electron chi connectivity index (χ4n) is 4.19. The van der Waals surface area contributed by atoms with E-state index in [1.807, 2.05) is 0 Å². The summed E-state index contributed by atoms with van der Waals surface area (Å²) in [5.74, 6) is -0.287. The number of allylic oxidation sites excluding steroid dienone is 5. The van der Waals surface area contributed by atoms with Gasteiger partial charge in [0.05, 0.1) is 36.8 Å². The van der Waals surface area contributed by atoms with E-state index in [1.165, 1.54) is 24.4 Å². The van der Waals surface area contributed by atoms with Crippen LogP contribution in [0.15, 0.2) is 83.1 Å². The van der Waals surface area contributed by atoms with Gasteiger partial charge in [-0.3, -0.25) is 4.99 Å². The van der Waals surface area contributed by atoms with E-state index in [-0.39, 0.29) is 42.2 Å². The molecule has 3 heterocycles. The monoisotopic (exact) mass is 585 g/mol. The number of aromatic nitrogens is 2. The van der Waals surface area contributed by atoms with Crippen LogP contribution < -0.4 is 15.6 Å². The number of anilines is 2. The van der Waals surface area contributed by atoms with Crippen LogP contribution in [0.4, 0.5) is 29.3 Å². The Hall–Kier alpha value is -4.36. The van der Waals surface area contributed by atoms with Crippen molar-refractivity contribution < 1.29 is 27.4 Å². The molecule has 4 rings (SSSR count). The van der Waals surface area contributed by atoms with E-state index in [0.29, 0.717) is 37.6 Å². The molecule has 0 amide bonds. The molecule has 0 spiro atoms. The Balaban J connectivity index is 1.31. The highest BCUT2D eigenvalue weighted by molar-refractivity contribution is 6.36. The number of nitrogens with one attached hydrogen (secondary N) is 2. The average molecular weight is 586 g/mol. The molecule has 1 fully saturated rings. The number of phenols is 1. The number of aromatic hydroxyl groups is 1. The number of rotatable bonds is 10. The molecule has 0 radical (unpaired) electrons. The van der Waals surface area contributed by atoms with Gasteiger partial charge >= 0.3 is 6.18 Å². The van der Waals surface area contributed by atoms with Gasteiger partial charge in [0.15, 0.2) is 11.6 Å². The maximum Gasteiger partial charge on any atom is 0.416 e. The molecule has 3 N–H and O–H groups in total. The molecule has 0 aliphatic carbocycles. The summed E-state index contributed by atoms with van der Waals surface area (Å²) in [6, 6.07) is 5.67. The third-order valence-electron chi connectivity index (χ3n) is 6.32. The van der Waals surface area contributed by atoms with Crippen molar-refractivity contribution in [3.05, 3.63) is 84.4 Å². The van der Waals surface area contributed by atoms with E-state index in [1.54, 1.807) is 29.2 Å². The zero-order chi connectivity index (χ0) is 30.0. The van der Waals surface area contributed by atoms with Crippen molar-refractivity contribution in [1.29, 1.82) is 0 Å².